The first-order chi connectivity index (χ1) is 6.02. The molecule has 3 amide bonds. The molecule has 0 atom stereocenters. The van der Waals surface area contributed by atoms with Gasteiger partial charge < -0.3 is 16.0 Å². The molecule has 0 rings (SSSR count). The molecular weight excluding hydrogens is 170 g/mol. The van der Waals surface area contributed by atoms with Gasteiger partial charge in [-0.3, -0.25) is 4.79 Å². The van der Waals surface area contributed by atoms with Gasteiger partial charge in [-0.2, -0.15) is 0 Å². The Morgan fingerprint density at radius 1 is 1.15 bits per heavy atom. The van der Waals surface area contributed by atoms with Gasteiger partial charge in [0.2, 0.25) is 5.91 Å². The van der Waals surface area contributed by atoms with Crippen LogP contribution in [-0.2, 0) is 4.79 Å². The summed E-state index contributed by atoms with van der Waals surface area (Å²) in [6, 6.07) is -0.308. The lowest BCUT2D eigenvalue weighted by Gasteiger charge is -2.06. The van der Waals surface area contributed by atoms with E-state index in [9.17, 15) is 9.59 Å². The third-order valence-electron chi connectivity index (χ3n) is 1.11. The fourth-order valence-electron chi connectivity index (χ4n) is 0.653. The van der Waals surface area contributed by atoms with E-state index in [1.54, 1.807) is 6.92 Å². The second-order valence-electron chi connectivity index (χ2n) is 2.64. The molecule has 13 heavy (non-hydrogen) atoms. The van der Waals surface area contributed by atoms with Crippen LogP contribution in [0, 0.1) is 0 Å². The fourth-order valence-corrected chi connectivity index (χ4v) is 0.653. The summed E-state index contributed by atoms with van der Waals surface area (Å²) in [5, 5.41) is 7.57. The van der Waals surface area contributed by atoms with Crippen LogP contribution in [0.2, 0.25) is 0 Å². The molecule has 0 aromatic heterocycles. The van der Waals surface area contributed by atoms with E-state index < -0.39 is 0 Å². The smallest absolute Gasteiger partial charge is 0.319 e. The number of nitrogens with one attached hydrogen (secondary N) is 3. The van der Waals surface area contributed by atoms with E-state index >= 15 is 0 Å². The first-order valence-corrected chi connectivity index (χ1v) is 3.97. The highest BCUT2D eigenvalue weighted by Crippen LogP contribution is 1.76. The lowest BCUT2D eigenvalue weighted by molar-refractivity contribution is -0.118. The Bertz CT molecular complexity index is 213. The first kappa shape index (κ1) is 11.5. The molecule has 0 fully saturated rings. The summed E-state index contributed by atoms with van der Waals surface area (Å²) in [5.41, 5.74) is 0.581. The molecule has 0 aromatic rings. The zero-order valence-electron chi connectivity index (χ0n) is 7.94. The van der Waals surface area contributed by atoms with E-state index in [1.165, 1.54) is 6.92 Å². The van der Waals surface area contributed by atoms with Crippen molar-refractivity contribution in [3.8, 4) is 0 Å². The van der Waals surface area contributed by atoms with Gasteiger partial charge in [0.15, 0.2) is 0 Å². The van der Waals surface area contributed by atoms with Gasteiger partial charge >= 0.3 is 6.03 Å². The number of amides is 3. The Balaban J connectivity index is 3.37. The van der Waals surface area contributed by atoms with Gasteiger partial charge in [0.1, 0.15) is 0 Å². The Kier molecular flexibility index (Phi) is 5.34. The Morgan fingerprint density at radius 3 is 2.15 bits per heavy atom. The van der Waals surface area contributed by atoms with E-state index in [0.29, 0.717) is 18.8 Å². The van der Waals surface area contributed by atoms with Gasteiger partial charge in [0, 0.05) is 25.7 Å². The molecule has 5 heteroatoms. The van der Waals surface area contributed by atoms with Crippen molar-refractivity contribution in [3.05, 3.63) is 12.3 Å². The summed E-state index contributed by atoms with van der Waals surface area (Å²) in [4.78, 5) is 21.3. The third-order valence-corrected chi connectivity index (χ3v) is 1.11. The molecule has 0 saturated carbocycles. The number of carbonyl (C=O) groups is 2. The molecule has 0 spiro atoms. The number of allylic oxidation sites excluding steroid dienone is 1. The lowest BCUT2D eigenvalue weighted by Crippen LogP contribution is -2.39. The van der Waals surface area contributed by atoms with E-state index in [0.717, 1.165) is 0 Å². The predicted octanol–water partition coefficient (Wildman–Crippen LogP) is -0.0447. The van der Waals surface area contributed by atoms with Crippen molar-refractivity contribution < 1.29 is 9.59 Å². The van der Waals surface area contributed by atoms with E-state index in [4.69, 9.17) is 0 Å². The number of carbonyl (C=O) groups excluding carboxylic acids is 2. The van der Waals surface area contributed by atoms with Crippen LogP contribution < -0.4 is 16.0 Å². The molecule has 3 N–H and O–H groups in total. The highest BCUT2D eigenvalue weighted by molar-refractivity contribution is 5.75. The van der Waals surface area contributed by atoms with Crippen LogP contribution in [0.4, 0.5) is 4.79 Å². The zero-order chi connectivity index (χ0) is 10.3. The highest BCUT2D eigenvalue weighted by Gasteiger charge is 1.97. The minimum atomic E-state index is -0.308. The van der Waals surface area contributed by atoms with Crippen molar-refractivity contribution in [2.45, 2.75) is 13.8 Å². The number of hydrogen-bond acceptors (Lipinski definition) is 2. The van der Waals surface area contributed by atoms with Gasteiger partial charge in [-0.1, -0.05) is 6.58 Å². The molecule has 0 aliphatic carbocycles. The molecule has 0 radical (unpaired) electrons. The molecule has 0 unspecified atom stereocenters. The molecular formula is C8H15N3O2. The number of rotatable bonds is 4. The fraction of sp³-hybridized carbons (Fsp3) is 0.500. The first-order valence-electron chi connectivity index (χ1n) is 3.97. The van der Waals surface area contributed by atoms with Crippen LogP contribution >= 0.6 is 0 Å². The summed E-state index contributed by atoms with van der Waals surface area (Å²) >= 11 is 0. The van der Waals surface area contributed by atoms with Gasteiger partial charge in [0.05, 0.1) is 0 Å². The summed E-state index contributed by atoms with van der Waals surface area (Å²) in [6.07, 6.45) is 0. The Morgan fingerprint density at radius 2 is 1.69 bits per heavy atom. The molecule has 74 valence electrons. The van der Waals surface area contributed by atoms with Crippen LogP contribution in [0.25, 0.3) is 0 Å². The SMILES string of the molecule is C=C(C)NC(=O)NCCNC(C)=O. The second-order valence-corrected chi connectivity index (χ2v) is 2.64. The van der Waals surface area contributed by atoms with Gasteiger partial charge in [-0.05, 0) is 6.92 Å². The monoisotopic (exact) mass is 185 g/mol. The van der Waals surface area contributed by atoms with Crippen LogP contribution in [0.5, 0.6) is 0 Å². The molecule has 5 nitrogen and oxygen atoms in total. The largest absolute Gasteiger partial charge is 0.355 e. The number of urea groups is 1. The van der Waals surface area contributed by atoms with Crippen LogP contribution in [-0.4, -0.2) is 25.0 Å². The maximum Gasteiger partial charge on any atom is 0.319 e. The molecule has 0 bridgehead atoms. The predicted molar refractivity (Wildman–Crippen MR) is 50.0 cm³/mol. The molecule has 0 saturated heterocycles. The van der Waals surface area contributed by atoms with Gasteiger partial charge in [0.25, 0.3) is 0 Å². The van der Waals surface area contributed by atoms with Crippen LogP contribution in [0.1, 0.15) is 13.8 Å². The Labute approximate surface area is 77.6 Å². The van der Waals surface area contributed by atoms with Crippen LogP contribution in [0.15, 0.2) is 12.3 Å². The quantitative estimate of drug-likeness (QED) is 0.538. The number of hydrogen-bond donors (Lipinski definition) is 3. The molecule has 0 heterocycles. The maximum absolute atomic E-state index is 10.9. The second kappa shape index (κ2) is 6.05. The summed E-state index contributed by atoms with van der Waals surface area (Å²) in [6.45, 7) is 7.45. The maximum atomic E-state index is 10.9. The molecule has 0 aliphatic heterocycles. The molecule has 0 aliphatic rings. The van der Waals surface area contributed by atoms with E-state index in [2.05, 4.69) is 22.5 Å². The average Bonchev–Trinajstić information content (AvgIpc) is 1.96. The zero-order valence-corrected chi connectivity index (χ0v) is 7.94. The van der Waals surface area contributed by atoms with Crippen molar-refractivity contribution in [2.75, 3.05) is 13.1 Å². The lowest BCUT2D eigenvalue weighted by atomic mass is 10.5. The Hall–Kier alpha value is -1.52. The van der Waals surface area contributed by atoms with E-state index in [1.807, 2.05) is 0 Å². The normalized spacial score (nSPS) is 8.77. The van der Waals surface area contributed by atoms with Crippen molar-refractivity contribution in [1.29, 1.82) is 0 Å². The summed E-state index contributed by atoms with van der Waals surface area (Å²) in [7, 11) is 0. The van der Waals surface area contributed by atoms with Gasteiger partial charge in [-0.25, -0.2) is 4.79 Å². The summed E-state index contributed by atoms with van der Waals surface area (Å²) in [5.74, 6) is -0.109. The average molecular weight is 185 g/mol. The summed E-state index contributed by atoms with van der Waals surface area (Å²) < 4.78 is 0. The van der Waals surface area contributed by atoms with Crippen molar-refractivity contribution >= 4 is 11.9 Å². The minimum absolute atomic E-state index is 0.109. The minimum Gasteiger partial charge on any atom is -0.355 e. The van der Waals surface area contributed by atoms with Crippen molar-refractivity contribution in [3.63, 3.8) is 0 Å². The highest BCUT2D eigenvalue weighted by atomic mass is 16.2. The third kappa shape index (κ3) is 8.39. The standard InChI is InChI=1S/C8H15N3O2/c1-6(2)11-8(13)10-5-4-9-7(3)12/h1,4-5H2,2-3H3,(H,9,12)(H2,10,11,13). The van der Waals surface area contributed by atoms with E-state index in [-0.39, 0.29) is 11.9 Å². The molecule has 0 aromatic carbocycles. The van der Waals surface area contributed by atoms with Gasteiger partial charge in [-0.15, -0.1) is 0 Å². The van der Waals surface area contributed by atoms with Crippen molar-refractivity contribution in [2.24, 2.45) is 0 Å². The van der Waals surface area contributed by atoms with Crippen molar-refractivity contribution in [1.82, 2.24) is 16.0 Å². The topological polar surface area (TPSA) is 70.2 Å². The van der Waals surface area contributed by atoms with Crippen LogP contribution in [0.3, 0.4) is 0 Å².